The SMILES string of the molecule is CCC.CNC(=O)C(C)Oc1cc(NC(=O)Cc2ccc(C3=CCN(C#N)CC3)nc2)ncc1Cl. The van der Waals surface area contributed by atoms with E-state index in [2.05, 4.69) is 40.6 Å². The number of hydrogen-bond donors (Lipinski definition) is 2. The second-order valence-electron chi connectivity index (χ2n) is 7.88. The van der Waals surface area contributed by atoms with Crippen LogP contribution < -0.4 is 15.4 Å². The van der Waals surface area contributed by atoms with Gasteiger partial charge >= 0.3 is 0 Å². The molecular weight excluding hydrogens is 468 g/mol. The number of aromatic nitrogens is 2. The fraction of sp³-hybridized carbons (Fsp3) is 0.400. The zero-order chi connectivity index (χ0) is 25.8. The molecule has 1 aliphatic rings. The number of anilines is 1. The summed E-state index contributed by atoms with van der Waals surface area (Å²) in [6.07, 6.45) is 8.52. The van der Waals surface area contributed by atoms with Crippen LogP contribution in [0.15, 0.2) is 36.7 Å². The van der Waals surface area contributed by atoms with Crippen molar-refractivity contribution in [2.75, 3.05) is 25.5 Å². The first kappa shape index (κ1) is 27.6. The molecule has 3 heterocycles. The molecule has 1 aliphatic heterocycles. The van der Waals surface area contributed by atoms with Gasteiger partial charge < -0.3 is 20.3 Å². The summed E-state index contributed by atoms with van der Waals surface area (Å²) in [7, 11) is 1.51. The zero-order valence-electron chi connectivity index (χ0n) is 20.5. The summed E-state index contributed by atoms with van der Waals surface area (Å²) in [6.45, 7) is 7.10. The summed E-state index contributed by atoms with van der Waals surface area (Å²) in [6, 6.07) is 5.21. The van der Waals surface area contributed by atoms with Crippen LogP contribution in [0.2, 0.25) is 5.02 Å². The number of carbonyl (C=O) groups is 2. The summed E-state index contributed by atoms with van der Waals surface area (Å²) in [5.41, 5.74) is 2.69. The van der Waals surface area contributed by atoms with E-state index in [1.807, 2.05) is 18.2 Å². The lowest BCUT2D eigenvalue weighted by Gasteiger charge is -2.20. The molecule has 35 heavy (non-hydrogen) atoms. The first-order valence-electron chi connectivity index (χ1n) is 11.4. The van der Waals surface area contributed by atoms with Crippen molar-refractivity contribution in [3.8, 4) is 11.9 Å². The number of rotatable bonds is 7. The second kappa shape index (κ2) is 13.9. The Kier molecular flexibility index (Phi) is 11.0. The third kappa shape index (κ3) is 8.58. The topological polar surface area (TPSA) is 120 Å². The van der Waals surface area contributed by atoms with Crippen LogP contribution in [-0.4, -0.2) is 52.9 Å². The van der Waals surface area contributed by atoms with Crippen LogP contribution in [-0.2, 0) is 16.0 Å². The lowest BCUT2D eigenvalue weighted by molar-refractivity contribution is -0.126. The van der Waals surface area contributed by atoms with E-state index < -0.39 is 6.10 Å². The predicted molar refractivity (Wildman–Crippen MR) is 136 cm³/mol. The summed E-state index contributed by atoms with van der Waals surface area (Å²) in [5.74, 6) is -0.0701. The molecule has 2 aromatic heterocycles. The largest absolute Gasteiger partial charge is 0.479 e. The lowest BCUT2D eigenvalue weighted by atomic mass is 10.0. The van der Waals surface area contributed by atoms with Crippen LogP contribution >= 0.6 is 11.6 Å². The molecule has 0 spiro atoms. The molecule has 10 heteroatoms. The third-order valence-corrected chi connectivity index (χ3v) is 5.16. The molecule has 0 fully saturated rings. The van der Waals surface area contributed by atoms with Crippen molar-refractivity contribution < 1.29 is 14.3 Å². The monoisotopic (exact) mass is 498 g/mol. The Morgan fingerprint density at radius 1 is 1.29 bits per heavy atom. The van der Waals surface area contributed by atoms with Gasteiger partial charge in [0.2, 0.25) is 5.91 Å². The molecule has 3 rings (SSSR count). The number of hydrogen-bond acceptors (Lipinski definition) is 7. The Balaban J connectivity index is 0.00000137. The molecule has 2 N–H and O–H groups in total. The van der Waals surface area contributed by atoms with Gasteiger partial charge in [-0.05, 0) is 30.5 Å². The third-order valence-electron chi connectivity index (χ3n) is 4.88. The maximum Gasteiger partial charge on any atom is 0.260 e. The molecule has 2 amide bonds. The van der Waals surface area contributed by atoms with E-state index in [1.165, 1.54) is 25.7 Å². The summed E-state index contributed by atoms with van der Waals surface area (Å²) in [4.78, 5) is 34.3. The Labute approximate surface area is 211 Å². The number of nitrogens with zero attached hydrogens (tertiary/aromatic N) is 4. The second-order valence-corrected chi connectivity index (χ2v) is 8.29. The number of likely N-dealkylation sites (N-methyl/N-ethyl adjacent to an activating group) is 1. The Bertz CT molecular complexity index is 1080. The average Bonchev–Trinajstić information content (AvgIpc) is 2.86. The number of ether oxygens (including phenoxy) is 1. The highest BCUT2D eigenvalue weighted by atomic mass is 35.5. The van der Waals surface area contributed by atoms with Gasteiger partial charge in [-0.1, -0.05) is 44.0 Å². The normalized spacial score (nSPS) is 13.4. The molecule has 1 unspecified atom stereocenters. The van der Waals surface area contributed by atoms with Gasteiger partial charge in [-0.2, -0.15) is 5.26 Å². The van der Waals surface area contributed by atoms with Crippen molar-refractivity contribution in [2.45, 2.75) is 46.1 Å². The molecule has 0 saturated heterocycles. The molecular formula is C25H31ClN6O3. The van der Waals surface area contributed by atoms with Crippen LogP contribution in [0.25, 0.3) is 5.57 Å². The molecule has 0 aromatic carbocycles. The molecule has 2 aromatic rings. The van der Waals surface area contributed by atoms with Gasteiger partial charge in [0.25, 0.3) is 5.91 Å². The lowest BCUT2D eigenvalue weighted by Crippen LogP contribution is -2.33. The number of nitrogens with one attached hydrogen (secondary N) is 2. The Hall–Kier alpha value is -3.64. The molecule has 186 valence electrons. The maximum atomic E-state index is 12.4. The Morgan fingerprint density at radius 3 is 2.60 bits per heavy atom. The Morgan fingerprint density at radius 2 is 2.03 bits per heavy atom. The van der Waals surface area contributed by atoms with Crippen molar-refractivity contribution in [3.63, 3.8) is 0 Å². The zero-order valence-corrected chi connectivity index (χ0v) is 21.2. The number of halogens is 1. The predicted octanol–water partition coefficient (Wildman–Crippen LogP) is 3.81. The van der Waals surface area contributed by atoms with E-state index in [0.717, 1.165) is 23.3 Å². The summed E-state index contributed by atoms with van der Waals surface area (Å²) >= 11 is 6.09. The molecule has 0 bridgehead atoms. The highest BCUT2D eigenvalue weighted by Gasteiger charge is 2.16. The average molecular weight is 499 g/mol. The quantitative estimate of drug-likeness (QED) is 0.557. The maximum absolute atomic E-state index is 12.4. The van der Waals surface area contributed by atoms with Gasteiger partial charge in [-0.25, -0.2) is 4.98 Å². The van der Waals surface area contributed by atoms with Crippen molar-refractivity contribution in [1.82, 2.24) is 20.2 Å². The van der Waals surface area contributed by atoms with Gasteiger partial charge in [0, 0.05) is 32.4 Å². The van der Waals surface area contributed by atoms with Crippen LogP contribution in [0.1, 0.15) is 44.9 Å². The number of pyridine rings is 2. The van der Waals surface area contributed by atoms with E-state index >= 15 is 0 Å². The highest BCUT2D eigenvalue weighted by molar-refractivity contribution is 6.32. The fourth-order valence-electron chi connectivity index (χ4n) is 3.11. The van der Waals surface area contributed by atoms with Crippen LogP contribution in [0, 0.1) is 11.5 Å². The summed E-state index contributed by atoms with van der Waals surface area (Å²) in [5, 5.41) is 14.4. The minimum Gasteiger partial charge on any atom is -0.479 e. The van der Waals surface area contributed by atoms with Crippen molar-refractivity contribution in [3.05, 3.63) is 52.9 Å². The number of carbonyl (C=O) groups excluding carboxylic acids is 2. The fourth-order valence-corrected chi connectivity index (χ4v) is 3.26. The molecule has 0 aliphatic carbocycles. The van der Waals surface area contributed by atoms with Gasteiger partial charge in [-0.15, -0.1) is 0 Å². The van der Waals surface area contributed by atoms with Crippen molar-refractivity contribution in [2.24, 2.45) is 0 Å². The van der Waals surface area contributed by atoms with Gasteiger partial charge in [0.15, 0.2) is 12.3 Å². The molecule has 0 saturated carbocycles. The van der Waals surface area contributed by atoms with E-state index in [-0.39, 0.29) is 34.8 Å². The van der Waals surface area contributed by atoms with E-state index in [4.69, 9.17) is 21.6 Å². The number of amides is 2. The van der Waals surface area contributed by atoms with Crippen LogP contribution in [0.3, 0.4) is 0 Å². The first-order valence-corrected chi connectivity index (χ1v) is 11.8. The standard InChI is InChI=1S/C22H23ClN6O3.C3H8/c1-14(22(31)25-2)32-19-10-20(27-12-17(19)23)28-21(30)9-15-3-4-18(26-11-15)16-5-7-29(13-24)8-6-16;1-3-2/h3-5,10-12,14H,6-9H2,1-2H3,(H,25,31)(H,27,28,30);3H2,1-2H3. The summed E-state index contributed by atoms with van der Waals surface area (Å²) < 4.78 is 5.55. The number of nitriles is 1. The van der Waals surface area contributed by atoms with Crippen LogP contribution in [0.5, 0.6) is 5.75 Å². The van der Waals surface area contributed by atoms with E-state index in [1.54, 1.807) is 18.0 Å². The van der Waals surface area contributed by atoms with Gasteiger partial charge in [0.05, 0.1) is 18.3 Å². The van der Waals surface area contributed by atoms with Crippen LogP contribution in [0.4, 0.5) is 5.82 Å². The van der Waals surface area contributed by atoms with Gasteiger partial charge in [0.1, 0.15) is 16.6 Å². The molecule has 9 nitrogen and oxygen atoms in total. The minimum absolute atomic E-state index is 0.115. The molecule has 0 radical (unpaired) electrons. The van der Waals surface area contributed by atoms with E-state index in [0.29, 0.717) is 13.1 Å². The van der Waals surface area contributed by atoms with E-state index in [9.17, 15) is 9.59 Å². The highest BCUT2D eigenvalue weighted by Crippen LogP contribution is 2.27. The van der Waals surface area contributed by atoms with Crippen molar-refractivity contribution in [1.29, 1.82) is 5.26 Å². The minimum atomic E-state index is -0.754. The first-order chi connectivity index (χ1) is 16.8. The van der Waals surface area contributed by atoms with Crippen molar-refractivity contribution >= 4 is 34.8 Å². The molecule has 1 atom stereocenters. The van der Waals surface area contributed by atoms with Gasteiger partial charge in [-0.3, -0.25) is 14.6 Å². The smallest absolute Gasteiger partial charge is 0.260 e.